The third kappa shape index (κ3) is 12.3. The molecule has 0 aliphatic heterocycles. The molecule has 0 saturated heterocycles. The number of carbonyl (C=O) groups excluding carboxylic acids is 3. The first-order valence-electron chi connectivity index (χ1n) is 11.6. The van der Waals surface area contributed by atoms with Gasteiger partial charge in [-0.15, -0.1) is 0 Å². The van der Waals surface area contributed by atoms with E-state index in [1.807, 2.05) is 6.92 Å². The SMILES string of the molecule is CCC(C)C(N)C(=O)NC(CCCN=C(N)N)C(=O)NC(CCC(=O)O)C(=O)NC(C(=O)O)C(C)O. The van der Waals surface area contributed by atoms with Gasteiger partial charge >= 0.3 is 11.9 Å². The Balaban J connectivity index is 5.71. The van der Waals surface area contributed by atoms with Gasteiger partial charge < -0.3 is 48.5 Å². The molecular formula is C21H39N7O8. The van der Waals surface area contributed by atoms with Gasteiger partial charge in [-0.2, -0.15) is 0 Å². The maximum absolute atomic E-state index is 13.0. The van der Waals surface area contributed by atoms with Gasteiger partial charge in [0.05, 0.1) is 12.1 Å². The minimum absolute atomic E-state index is 0.0558. The van der Waals surface area contributed by atoms with Crippen LogP contribution < -0.4 is 33.2 Å². The third-order valence-corrected chi connectivity index (χ3v) is 5.46. The van der Waals surface area contributed by atoms with E-state index in [0.29, 0.717) is 6.42 Å². The number of hydrogen-bond donors (Lipinski definition) is 9. The van der Waals surface area contributed by atoms with Crippen molar-refractivity contribution in [3.05, 3.63) is 0 Å². The van der Waals surface area contributed by atoms with Crippen LogP contribution in [-0.2, 0) is 24.0 Å². The van der Waals surface area contributed by atoms with Crippen LogP contribution in [0, 0.1) is 5.92 Å². The number of carbonyl (C=O) groups is 5. The summed E-state index contributed by atoms with van der Waals surface area (Å²) in [6.45, 7) is 4.91. The molecule has 0 aliphatic rings. The molecule has 0 aromatic carbocycles. The number of nitrogens with one attached hydrogen (secondary N) is 3. The second kappa shape index (κ2) is 16.3. The van der Waals surface area contributed by atoms with Gasteiger partial charge in [0, 0.05) is 13.0 Å². The summed E-state index contributed by atoms with van der Waals surface area (Å²) in [4.78, 5) is 64.5. The van der Waals surface area contributed by atoms with Crippen LogP contribution in [-0.4, -0.2) is 87.8 Å². The summed E-state index contributed by atoms with van der Waals surface area (Å²) in [5, 5.41) is 34.8. The lowest BCUT2D eigenvalue weighted by Crippen LogP contribution is -2.58. The molecule has 12 N–H and O–H groups in total. The molecule has 0 aliphatic carbocycles. The number of guanidine groups is 1. The highest BCUT2D eigenvalue weighted by Gasteiger charge is 2.32. The van der Waals surface area contributed by atoms with E-state index in [4.69, 9.17) is 22.3 Å². The molecule has 206 valence electrons. The van der Waals surface area contributed by atoms with Crippen LogP contribution in [0.1, 0.15) is 52.9 Å². The molecule has 15 nitrogen and oxygen atoms in total. The van der Waals surface area contributed by atoms with E-state index in [0.717, 1.165) is 6.92 Å². The lowest BCUT2D eigenvalue weighted by molar-refractivity contribution is -0.145. The molecule has 6 atom stereocenters. The largest absolute Gasteiger partial charge is 0.481 e. The zero-order valence-electron chi connectivity index (χ0n) is 20.8. The highest BCUT2D eigenvalue weighted by Crippen LogP contribution is 2.08. The Hall–Kier alpha value is -3.46. The number of carboxylic acid groups (broad SMARTS) is 2. The minimum Gasteiger partial charge on any atom is -0.481 e. The summed E-state index contributed by atoms with van der Waals surface area (Å²) >= 11 is 0. The zero-order chi connectivity index (χ0) is 28.0. The van der Waals surface area contributed by atoms with Gasteiger partial charge in [-0.3, -0.25) is 24.2 Å². The van der Waals surface area contributed by atoms with Crippen LogP contribution in [0.15, 0.2) is 4.99 Å². The normalized spacial score (nSPS) is 15.8. The third-order valence-electron chi connectivity index (χ3n) is 5.46. The van der Waals surface area contributed by atoms with Gasteiger partial charge in [0.2, 0.25) is 17.7 Å². The van der Waals surface area contributed by atoms with Gasteiger partial charge in [0.15, 0.2) is 12.0 Å². The smallest absolute Gasteiger partial charge is 0.328 e. The van der Waals surface area contributed by atoms with Gasteiger partial charge in [-0.25, -0.2) is 4.79 Å². The van der Waals surface area contributed by atoms with Crippen molar-refractivity contribution >= 4 is 35.6 Å². The Kier molecular flexibility index (Phi) is 14.7. The van der Waals surface area contributed by atoms with Crippen molar-refractivity contribution in [2.45, 2.75) is 83.1 Å². The Morgan fingerprint density at radius 1 is 0.889 bits per heavy atom. The van der Waals surface area contributed by atoms with E-state index >= 15 is 0 Å². The first-order chi connectivity index (χ1) is 16.7. The molecule has 6 unspecified atom stereocenters. The molecular weight excluding hydrogens is 478 g/mol. The summed E-state index contributed by atoms with van der Waals surface area (Å²) in [6, 6.07) is -5.23. The standard InChI is InChI=1S/C21H39N7O8/c1-4-10(2)15(22)19(34)27-12(6-5-9-25-21(23)24)17(32)26-13(7-8-14(30)31)18(33)28-16(11(3)29)20(35)36/h10-13,15-16,29H,4-9,22H2,1-3H3,(H,26,32)(H,27,34)(H,28,33)(H,30,31)(H,35,36)(H4,23,24,25). The Bertz CT molecular complexity index is 801. The van der Waals surface area contributed by atoms with E-state index in [1.54, 1.807) is 6.92 Å². The second-order valence-corrected chi connectivity index (χ2v) is 8.48. The van der Waals surface area contributed by atoms with E-state index in [-0.39, 0.29) is 37.7 Å². The van der Waals surface area contributed by atoms with Gasteiger partial charge in [0.25, 0.3) is 0 Å². The van der Waals surface area contributed by atoms with Crippen molar-refractivity contribution in [1.82, 2.24) is 16.0 Å². The van der Waals surface area contributed by atoms with Crippen molar-refractivity contribution in [2.24, 2.45) is 28.1 Å². The first kappa shape index (κ1) is 32.5. The number of amides is 3. The average Bonchev–Trinajstić information content (AvgIpc) is 2.79. The molecule has 0 heterocycles. The van der Waals surface area contributed by atoms with Crippen LogP contribution in [0.3, 0.4) is 0 Å². The van der Waals surface area contributed by atoms with Crippen molar-refractivity contribution in [3.8, 4) is 0 Å². The first-order valence-corrected chi connectivity index (χ1v) is 11.6. The maximum atomic E-state index is 13.0. The number of aliphatic carboxylic acids is 2. The fourth-order valence-electron chi connectivity index (χ4n) is 3.00. The summed E-state index contributed by atoms with van der Waals surface area (Å²) in [6.07, 6.45) is -1.43. The number of aliphatic hydroxyl groups is 1. The molecule has 0 aromatic rings. The molecule has 0 saturated carbocycles. The summed E-state index contributed by atoms with van der Waals surface area (Å²) in [5.41, 5.74) is 16.5. The molecule has 0 aromatic heterocycles. The van der Waals surface area contributed by atoms with Crippen LogP contribution in [0.25, 0.3) is 0 Å². The fourth-order valence-corrected chi connectivity index (χ4v) is 3.00. The molecule has 0 spiro atoms. The van der Waals surface area contributed by atoms with Gasteiger partial charge in [0.1, 0.15) is 12.1 Å². The number of nitrogens with two attached hydrogens (primary N) is 3. The average molecular weight is 518 g/mol. The number of hydrogen-bond acceptors (Lipinski definition) is 8. The van der Waals surface area contributed by atoms with Gasteiger partial charge in [-0.1, -0.05) is 20.3 Å². The van der Waals surface area contributed by atoms with E-state index in [9.17, 15) is 34.2 Å². The lowest BCUT2D eigenvalue weighted by atomic mass is 9.98. The number of nitrogens with zero attached hydrogens (tertiary/aromatic N) is 1. The summed E-state index contributed by atoms with van der Waals surface area (Å²) in [5.74, 6) is -5.55. The van der Waals surface area contributed by atoms with Crippen LogP contribution in [0.4, 0.5) is 0 Å². The summed E-state index contributed by atoms with van der Waals surface area (Å²) in [7, 11) is 0. The monoisotopic (exact) mass is 517 g/mol. The minimum atomic E-state index is -1.69. The van der Waals surface area contributed by atoms with Crippen LogP contribution >= 0.6 is 0 Å². The molecule has 15 heteroatoms. The fraction of sp³-hybridized carbons (Fsp3) is 0.714. The number of aliphatic hydroxyl groups excluding tert-OH is 1. The Labute approximate surface area is 209 Å². The Morgan fingerprint density at radius 2 is 1.42 bits per heavy atom. The second-order valence-electron chi connectivity index (χ2n) is 8.48. The molecule has 36 heavy (non-hydrogen) atoms. The predicted molar refractivity (Wildman–Crippen MR) is 129 cm³/mol. The van der Waals surface area contributed by atoms with E-state index in [1.165, 1.54) is 0 Å². The Morgan fingerprint density at radius 3 is 1.89 bits per heavy atom. The highest BCUT2D eigenvalue weighted by atomic mass is 16.4. The number of rotatable bonds is 17. The van der Waals surface area contributed by atoms with Crippen molar-refractivity contribution < 1.29 is 39.3 Å². The van der Waals surface area contributed by atoms with Crippen LogP contribution in [0.2, 0.25) is 0 Å². The van der Waals surface area contributed by atoms with Gasteiger partial charge in [-0.05, 0) is 32.1 Å². The number of aliphatic imine (C=N–C) groups is 1. The topological polar surface area (TPSA) is 273 Å². The van der Waals surface area contributed by atoms with E-state index < -0.39 is 66.4 Å². The molecule has 3 amide bonds. The molecule has 0 rings (SSSR count). The molecule has 0 radical (unpaired) electrons. The lowest BCUT2D eigenvalue weighted by Gasteiger charge is -2.26. The number of carboxylic acids is 2. The van der Waals surface area contributed by atoms with Crippen molar-refractivity contribution in [1.29, 1.82) is 0 Å². The van der Waals surface area contributed by atoms with Crippen molar-refractivity contribution in [2.75, 3.05) is 6.54 Å². The van der Waals surface area contributed by atoms with Crippen LogP contribution in [0.5, 0.6) is 0 Å². The molecule has 0 fully saturated rings. The quantitative estimate of drug-likeness (QED) is 0.0539. The molecule has 0 bridgehead atoms. The summed E-state index contributed by atoms with van der Waals surface area (Å²) < 4.78 is 0. The highest BCUT2D eigenvalue weighted by molar-refractivity contribution is 5.94. The predicted octanol–water partition coefficient (Wildman–Crippen LogP) is -2.80. The maximum Gasteiger partial charge on any atom is 0.328 e. The zero-order valence-corrected chi connectivity index (χ0v) is 20.8. The van der Waals surface area contributed by atoms with E-state index in [2.05, 4.69) is 20.9 Å². The van der Waals surface area contributed by atoms with Crippen molar-refractivity contribution in [3.63, 3.8) is 0 Å².